The van der Waals surface area contributed by atoms with Crippen molar-refractivity contribution in [2.45, 2.75) is 6.18 Å². The highest BCUT2D eigenvalue weighted by atomic mass is 35.5. The summed E-state index contributed by atoms with van der Waals surface area (Å²) in [6.45, 7) is 0. The van der Waals surface area contributed by atoms with Crippen molar-refractivity contribution in [1.29, 1.82) is 0 Å². The Kier molecular flexibility index (Phi) is 3.84. The van der Waals surface area contributed by atoms with Crippen LogP contribution in [0.1, 0.15) is 16.1 Å². The van der Waals surface area contributed by atoms with Crippen LogP contribution in [0.25, 0.3) is 17.2 Å². The van der Waals surface area contributed by atoms with Gasteiger partial charge in [0.25, 0.3) is 5.78 Å². The zero-order chi connectivity index (χ0) is 17.5. The molecule has 0 amide bonds. The SMILES string of the molecule is COC(=O)c1cc(-c2ncc(C(F)(F)F)cc2Cl)n2ncnc2n1. The van der Waals surface area contributed by atoms with E-state index >= 15 is 0 Å². The molecule has 0 atom stereocenters. The lowest BCUT2D eigenvalue weighted by Crippen LogP contribution is -2.10. The Bertz CT molecular complexity index is 941. The number of methoxy groups -OCH3 is 1. The molecule has 0 radical (unpaired) electrons. The third kappa shape index (κ3) is 2.75. The molecule has 0 aliphatic rings. The van der Waals surface area contributed by atoms with Gasteiger partial charge in [-0.25, -0.2) is 9.78 Å². The fourth-order valence-corrected chi connectivity index (χ4v) is 2.23. The van der Waals surface area contributed by atoms with Crippen LogP contribution in [0.2, 0.25) is 5.02 Å². The Labute approximate surface area is 137 Å². The molecule has 0 bridgehead atoms. The Morgan fingerprint density at radius 3 is 2.67 bits per heavy atom. The molecule has 7 nitrogen and oxygen atoms in total. The van der Waals surface area contributed by atoms with E-state index in [1.54, 1.807) is 0 Å². The maximum absolute atomic E-state index is 12.7. The Morgan fingerprint density at radius 1 is 1.29 bits per heavy atom. The van der Waals surface area contributed by atoms with Crippen LogP contribution in [0.4, 0.5) is 13.2 Å². The molecule has 3 aromatic heterocycles. The number of fused-ring (bicyclic) bond motifs is 1. The highest BCUT2D eigenvalue weighted by Gasteiger charge is 2.32. The minimum atomic E-state index is -4.58. The van der Waals surface area contributed by atoms with Crippen molar-refractivity contribution in [3.05, 3.63) is 40.9 Å². The summed E-state index contributed by atoms with van der Waals surface area (Å²) in [5.74, 6) is -0.699. The molecule has 0 fully saturated rings. The second-order valence-electron chi connectivity index (χ2n) is 4.54. The lowest BCUT2D eigenvalue weighted by atomic mass is 10.2. The molecule has 24 heavy (non-hydrogen) atoms. The maximum atomic E-state index is 12.7. The van der Waals surface area contributed by atoms with Gasteiger partial charge in [-0.15, -0.1) is 0 Å². The van der Waals surface area contributed by atoms with Gasteiger partial charge in [0.2, 0.25) is 0 Å². The summed E-state index contributed by atoms with van der Waals surface area (Å²) >= 11 is 5.94. The minimum Gasteiger partial charge on any atom is -0.464 e. The van der Waals surface area contributed by atoms with E-state index in [2.05, 4.69) is 24.8 Å². The lowest BCUT2D eigenvalue weighted by Gasteiger charge is -2.10. The summed E-state index contributed by atoms with van der Waals surface area (Å²) in [7, 11) is 1.17. The van der Waals surface area contributed by atoms with E-state index in [0.717, 1.165) is 6.07 Å². The van der Waals surface area contributed by atoms with Gasteiger partial charge in [-0.05, 0) is 12.1 Å². The Hall–Kier alpha value is -2.75. The number of hydrogen-bond acceptors (Lipinski definition) is 6. The second-order valence-corrected chi connectivity index (χ2v) is 4.95. The average molecular weight is 358 g/mol. The van der Waals surface area contributed by atoms with Crippen LogP contribution in [0, 0.1) is 0 Å². The van der Waals surface area contributed by atoms with Crippen molar-refractivity contribution < 1.29 is 22.7 Å². The summed E-state index contributed by atoms with van der Waals surface area (Å²) in [4.78, 5) is 23.2. The maximum Gasteiger partial charge on any atom is 0.417 e. The van der Waals surface area contributed by atoms with Crippen LogP contribution >= 0.6 is 11.6 Å². The van der Waals surface area contributed by atoms with Gasteiger partial charge in [0.05, 0.1) is 23.4 Å². The molecule has 3 rings (SSSR count). The lowest BCUT2D eigenvalue weighted by molar-refractivity contribution is -0.137. The van der Waals surface area contributed by atoms with E-state index in [1.165, 1.54) is 24.0 Å². The molecule has 0 aliphatic heterocycles. The van der Waals surface area contributed by atoms with Crippen LogP contribution in [-0.2, 0) is 10.9 Å². The number of pyridine rings is 1. The number of esters is 1. The Morgan fingerprint density at radius 2 is 2.04 bits per heavy atom. The van der Waals surface area contributed by atoms with Gasteiger partial charge >= 0.3 is 12.1 Å². The molecule has 3 heterocycles. The number of alkyl halides is 3. The number of hydrogen-bond donors (Lipinski definition) is 0. The third-order valence-corrected chi connectivity index (χ3v) is 3.35. The van der Waals surface area contributed by atoms with Crippen molar-refractivity contribution in [3.8, 4) is 11.4 Å². The summed E-state index contributed by atoms with van der Waals surface area (Å²) < 4.78 is 44.0. The van der Waals surface area contributed by atoms with Crippen LogP contribution in [0.15, 0.2) is 24.7 Å². The molecule has 0 saturated heterocycles. The summed E-state index contributed by atoms with van der Waals surface area (Å²) in [6, 6.07) is 2.00. The fraction of sp³-hybridized carbons (Fsp3) is 0.154. The van der Waals surface area contributed by atoms with E-state index in [0.29, 0.717) is 6.20 Å². The van der Waals surface area contributed by atoms with E-state index in [-0.39, 0.29) is 27.9 Å². The largest absolute Gasteiger partial charge is 0.464 e. The van der Waals surface area contributed by atoms with E-state index in [4.69, 9.17) is 11.6 Å². The number of rotatable bonds is 2. The first kappa shape index (κ1) is 16.1. The zero-order valence-corrected chi connectivity index (χ0v) is 12.6. The molecule has 0 unspecified atom stereocenters. The first-order chi connectivity index (χ1) is 11.3. The summed E-state index contributed by atoms with van der Waals surface area (Å²) in [5, 5.41) is 3.64. The third-order valence-electron chi connectivity index (χ3n) is 3.06. The fourth-order valence-electron chi connectivity index (χ4n) is 1.97. The molecule has 0 spiro atoms. The van der Waals surface area contributed by atoms with Gasteiger partial charge < -0.3 is 4.74 Å². The van der Waals surface area contributed by atoms with Crippen LogP contribution in [0.3, 0.4) is 0 Å². The monoisotopic (exact) mass is 357 g/mol. The predicted molar refractivity (Wildman–Crippen MR) is 75.4 cm³/mol. The molecular weight excluding hydrogens is 351 g/mol. The average Bonchev–Trinajstić information content (AvgIpc) is 3.00. The van der Waals surface area contributed by atoms with Gasteiger partial charge in [-0.2, -0.15) is 27.8 Å². The van der Waals surface area contributed by atoms with Crippen molar-refractivity contribution in [2.24, 2.45) is 0 Å². The summed E-state index contributed by atoms with van der Waals surface area (Å²) in [5.41, 5.74) is -0.955. The smallest absolute Gasteiger partial charge is 0.417 e. The van der Waals surface area contributed by atoms with E-state index < -0.39 is 17.7 Å². The molecular formula is C13H7ClF3N5O2. The van der Waals surface area contributed by atoms with Crippen LogP contribution in [-0.4, -0.2) is 37.6 Å². The standard InChI is InChI=1S/C13H7ClF3N5O2/c1-24-11(23)8-3-9(22-12(21-8)19-5-20-22)10-7(14)2-6(4-18-10)13(15,16)17/h2-5H,1H3. The van der Waals surface area contributed by atoms with Crippen molar-refractivity contribution in [2.75, 3.05) is 7.11 Å². The second kappa shape index (κ2) is 5.71. The predicted octanol–water partition coefficient (Wildman–Crippen LogP) is 2.65. The molecule has 11 heteroatoms. The topological polar surface area (TPSA) is 82.3 Å². The number of ether oxygens (including phenoxy) is 1. The molecule has 124 valence electrons. The van der Waals surface area contributed by atoms with Crippen molar-refractivity contribution in [3.63, 3.8) is 0 Å². The number of aromatic nitrogens is 5. The van der Waals surface area contributed by atoms with Gasteiger partial charge in [0, 0.05) is 6.20 Å². The molecule has 0 aliphatic carbocycles. The number of halogens is 4. The van der Waals surface area contributed by atoms with Gasteiger partial charge in [0.15, 0.2) is 5.69 Å². The van der Waals surface area contributed by atoms with Gasteiger partial charge in [-0.3, -0.25) is 4.98 Å². The number of carbonyl (C=O) groups is 1. The van der Waals surface area contributed by atoms with Gasteiger partial charge in [-0.1, -0.05) is 11.6 Å². The quantitative estimate of drug-likeness (QED) is 0.656. The molecule has 0 N–H and O–H groups in total. The minimum absolute atomic E-state index is 0.00674. The van der Waals surface area contributed by atoms with Gasteiger partial charge in [0.1, 0.15) is 12.0 Å². The van der Waals surface area contributed by atoms with Crippen LogP contribution in [0.5, 0.6) is 0 Å². The van der Waals surface area contributed by atoms with Crippen molar-refractivity contribution >= 4 is 23.3 Å². The highest BCUT2D eigenvalue weighted by molar-refractivity contribution is 6.33. The number of carbonyl (C=O) groups excluding carboxylic acids is 1. The molecule has 3 aromatic rings. The molecule has 0 saturated carbocycles. The normalized spacial score (nSPS) is 11.7. The summed E-state index contributed by atoms with van der Waals surface area (Å²) in [6.07, 6.45) is -2.76. The first-order valence-electron chi connectivity index (χ1n) is 6.33. The van der Waals surface area contributed by atoms with Crippen LogP contribution < -0.4 is 0 Å². The zero-order valence-electron chi connectivity index (χ0n) is 11.9. The first-order valence-corrected chi connectivity index (χ1v) is 6.71. The Balaban J connectivity index is 2.22. The number of nitrogens with zero attached hydrogens (tertiary/aromatic N) is 5. The van der Waals surface area contributed by atoms with Crippen molar-refractivity contribution in [1.82, 2.24) is 24.6 Å². The highest BCUT2D eigenvalue weighted by Crippen LogP contribution is 2.34. The van der Waals surface area contributed by atoms with E-state index in [9.17, 15) is 18.0 Å². The molecule has 0 aromatic carbocycles. The van der Waals surface area contributed by atoms with E-state index in [1.807, 2.05) is 0 Å².